The van der Waals surface area contributed by atoms with Crippen LogP contribution < -0.4 is 0 Å². The summed E-state index contributed by atoms with van der Waals surface area (Å²) in [5, 5.41) is 0. The minimum absolute atomic E-state index is 0. The maximum Gasteiger partial charge on any atom is -0.0356 e. The van der Waals surface area contributed by atoms with Crippen LogP contribution in [0.3, 0.4) is 0 Å². The van der Waals surface area contributed by atoms with E-state index in [9.17, 15) is 0 Å². The van der Waals surface area contributed by atoms with Crippen molar-refractivity contribution in [1.82, 2.24) is 0 Å². The third-order valence-electron chi connectivity index (χ3n) is 0.493. The first kappa shape index (κ1) is 25.1. The van der Waals surface area contributed by atoms with E-state index in [4.69, 9.17) is 0 Å². The summed E-state index contributed by atoms with van der Waals surface area (Å²) in [5.41, 5.74) is 0. The molecule has 0 aromatic carbocycles. The van der Waals surface area contributed by atoms with E-state index >= 15 is 0 Å². The Balaban J connectivity index is -0.0000000267. The lowest BCUT2D eigenvalue weighted by molar-refractivity contribution is 0.961. The zero-order valence-electron chi connectivity index (χ0n) is 3.70. The summed E-state index contributed by atoms with van der Waals surface area (Å²) in [6.07, 6.45) is 4.31. The largest absolute Gasteiger partial charge is 0.103 e. The average Bonchev–Trinajstić information content (AvgIpc) is 1.41. The topological polar surface area (TPSA) is 0 Å². The number of hydrogen-bond acceptors (Lipinski definition) is 0. The predicted octanol–water partition coefficient (Wildman–Crippen LogP) is 3.88. The predicted molar refractivity (Wildman–Crippen MR) is 45.3 cm³/mol. The van der Waals surface area contributed by atoms with Gasteiger partial charge in [-0.15, -0.1) is 6.58 Å². The van der Waals surface area contributed by atoms with Gasteiger partial charge in [0.1, 0.15) is 0 Å². The third-order valence-corrected chi connectivity index (χ3v) is 0.493. The van der Waals surface area contributed by atoms with Gasteiger partial charge in [0, 0.05) is 0 Å². The van der Waals surface area contributed by atoms with E-state index in [1.807, 2.05) is 6.08 Å². The number of unbranched alkanes of at least 4 members (excludes halogenated alkanes) is 1. The molecule has 0 aromatic rings. The van der Waals surface area contributed by atoms with Gasteiger partial charge in [0.2, 0.25) is 0 Å². The summed E-state index contributed by atoms with van der Waals surface area (Å²) in [7, 11) is 0. The minimum Gasteiger partial charge on any atom is -0.103 e. The Bertz CT molecular complexity index is 21.2. The standard InChI is InChI=1S/C5H10.3CH4/c1-3-5-4-2;;;/h3H,1,4-5H2,2H3;3*1H4. The fourth-order valence-electron chi connectivity index (χ4n) is 0.204. The van der Waals surface area contributed by atoms with Crippen molar-refractivity contribution in [2.75, 3.05) is 0 Å². The first-order valence-corrected chi connectivity index (χ1v) is 2.02. The van der Waals surface area contributed by atoms with Crippen LogP contribution in [0.4, 0.5) is 0 Å². The molecule has 0 saturated heterocycles. The minimum atomic E-state index is 0. The Morgan fingerprint density at radius 1 is 1.25 bits per heavy atom. The summed E-state index contributed by atoms with van der Waals surface area (Å²) in [4.78, 5) is 0. The lowest BCUT2D eigenvalue weighted by Gasteiger charge is -1.72. The summed E-state index contributed by atoms with van der Waals surface area (Å²) in [6.45, 7) is 5.69. The van der Waals surface area contributed by atoms with Gasteiger partial charge in [-0.1, -0.05) is 41.7 Å². The first-order chi connectivity index (χ1) is 2.41. The Labute approximate surface area is 55.6 Å². The Hall–Kier alpha value is -0.260. The van der Waals surface area contributed by atoms with E-state index in [0.717, 1.165) is 6.42 Å². The molecule has 0 aromatic heterocycles. The molecule has 0 aliphatic carbocycles. The lowest BCUT2D eigenvalue weighted by atomic mass is 10.3. The molecule has 0 rings (SSSR count). The van der Waals surface area contributed by atoms with Crippen LogP contribution in [-0.4, -0.2) is 0 Å². The molecule has 54 valence electrons. The molecule has 0 bridgehead atoms. The molecule has 0 nitrogen and oxygen atoms in total. The molecule has 0 heterocycles. The highest BCUT2D eigenvalue weighted by atomic mass is 13.7. The molecule has 8 heavy (non-hydrogen) atoms. The second kappa shape index (κ2) is 29.6. The monoisotopic (exact) mass is 118 g/mol. The van der Waals surface area contributed by atoms with Gasteiger partial charge >= 0.3 is 0 Å². The van der Waals surface area contributed by atoms with E-state index in [2.05, 4.69) is 13.5 Å². The molecular weight excluding hydrogens is 96.1 g/mol. The summed E-state index contributed by atoms with van der Waals surface area (Å²) in [6, 6.07) is 0. The molecule has 0 amide bonds. The molecule has 0 heteroatoms. The van der Waals surface area contributed by atoms with Crippen molar-refractivity contribution in [2.24, 2.45) is 0 Å². The molecule has 0 spiro atoms. The van der Waals surface area contributed by atoms with Crippen LogP contribution in [0, 0.1) is 0 Å². The molecule has 0 fully saturated rings. The van der Waals surface area contributed by atoms with E-state index in [1.54, 1.807) is 0 Å². The van der Waals surface area contributed by atoms with Crippen molar-refractivity contribution in [3.63, 3.8) is 0 Å². The van der Waals surface area contributed by atoms with Crippen molar-refractivity contribution in [1.29, 1.82) is 0 Å². The van der Waals surface area contributed by atoms with Crippen molar-refractivity contribution in [3.8, 4) is 0 Å². The van der Waals surface area contributed by atoms with Gasteiger partial charge in [-0.2, -0.15) is 0 Å². The fraction of sp³-hybridized carbons (Fsp3) is 0.750. The highest BCUT2D eigenvalue weighted by Gasteiger charge is 1.61. The van der Waals surface area contributed by atoms with E-state index in [1.165, 1.54) is 6.42 Å². The van der Waals surface area contributed by atoms with Crippen LogP contribution in [-0.2, 0) is 0 Å². The van der Waals surface area contributed by atoms with Gasteiger partial charge in [0.15, 0.2) is 0 Å². The summed E-state index contributed by atoms with van der Waals surface area (Å²) < 4.78 is 0. The molecule has 0 atom stereocenters. The Morgan fingerprint density at radius 2 is 1.62 bits per heavy atom. The second-order valence-electron chi connectivity index (χ2n) is 1.08. The van der Waals surface area contributed by atoms with Gasteiger partial charge in [-0.05, 0) is 6.42 Å². The SMILES string of the molecule is C.C.C.C=CCCC. The second-order valence-corrected chi connectivity index (χ2v) is 1.08. The van der Waals surface area contributed by atoms with E-state index in [0.29, 0.717) is 0 Å². The molecule has 0 unspecified atom stereocenters. The smallest absolute Gasteiger partial charge is 0.0356 e. The fourth-order valence-corrected chi connectivity index (χ4v) is 0.204. The number of hydrogen-bond donors (Lipinski definition) is 0. The number of rotatable bonds is 2. The van der Waals surface area contributed by atoms with Gasteiger partial charge in [-0.3, -0.25) is 0 Å². The van der Waals surface area contributed by atoms with Crippen LogP contribution in [0.2, 0.25) is 0 Å². The average molecular weight is 118 g/mol. The highest BCUT2D eigenvalue weighted by molar-refractivity contribution is 4.63. The normalized spacial score (nSPS) is 4.62. The molecule has 0 radical (unpaired) electrons. The van der Waals surface area contributed by atoms with E-state index < -0.39 is 0 Å². The van der Waals surface area contributed by atoms with Gasteiger partial charge in [-0.25, -0.2) is 0 Å². The quantitative estimate of drug-likeness (QED) is 0.483. The van der Waals surface area contributed by atoms with Gasteiger partial charge in [0.25, 0.3) is 0 Å². The first-order valence-electron chi connectivity index (χ1n) is 2.02. The van der Waals surface area contributed by atoms with Crippen LogP contribution >= 0.6 is 0 Å². The molecule has 0 aliphatic heterocycles. The zero-order valence-corrected chi connectivity index (χ0v) is 3.70. The van der Waals surface area contributed by atoms with Crippen molar-refractivity contribution in [3.05, 3.63) is 12.7 Å². The Kier molecular flexibility index (Phi) is 92.9. The summed E-state index contributed by atoms with van der Waals surface area (Å²) >= 11 is 0. The van der Waals surface area contributed by atoms with Crippen molar-refractivity contribution >= 4 is 0 Å². The molecule has 0 aliphatic rings. The summed E-state index contributed by atoms with van der Waals surface area (Å²) in [5.74, 6) is 0. The maximum absolute atomic E-state index is 3.55. The maximum atomic E-state index is 3.55. The molecule has 0 N–H and O–H groups in total. The van der Waals surface area contributed by atoms with Crippen molar-refractivity contribution in [2.45, 2.75) is 42.0 Å². The van der Waals surface area contributed by atoms with Crippen LogP contribution in [0.15, 0.2) is 12.7 Å². The Morgan fingerprint density at radius 3 is 1.62 bits per heavy atom. The van der Waals surface area contributed by atoms with E-state index in [-0.39, 0.29) is 22.3 Å². The third kappa shape index (κ3) is 42.6. The molecular formula is C8H22. The van der Waals surface area contributed by atoms with Gasteiger partial charge < -0.3 is 0 Å². The van der Waals surface area contributed by atoms with Gasteiger partial charge in [0.05, 0.1) is 0 Å². The van der Waals surface area contributed by atoms with Crippen LogP contribution in [0.1, 0.15) is 42.0 Å². The highest BCUT2D eigenvalue weighted by Crippen LogP contribution is 1.82. The van der Waals surface area contributed by atoms with Crippen LogP contribution in [0.5, 0.6) is 0 Å². The number of allylic oxidation sites excluding steroid dienone is 1. The zero-order chi connectivity index (χ0) is 4.12. The lowest BCUT2D eigenvalue weighted by Crippen LogP contribution is -1.52. The van der Waals surface area contributed by atoms with Crippen molar-refractivity contribution < 1.29 is 0 Å². The van der Waals surface area contributed by atoms with Crippen LogP contribution in [0.25, 0.3) is 0 Å². The molecule has 0 saturated carbocycles.